The number of aromatic nitrogens is 2. The van der Waals surface area contributed by atoms with E-state index >= 15 is 0 Å². The van der Waals surface area contributed by atoms with Gasteiger partial charge in [-0.05, 0) is 49.1 Å². The summed E-state index contributed by atoms with van der Waals surface area (Å²) in [5.41, 5.74) is 2.76. The number of nitrogens with one attached hydrogen (secondary N) is 2. The molecule has 0 bridgehead atoms. The van der Waals surface area contributed by atoms with Gasteiger partial charge in [-0.3, -0.25) is 14.7 Å². The van der Waals surface area contributed by atoms with Crippen LogP contribution in [0.3, 0.4) is 0 Å². The number of aromatic amines is 1. The van der Waals surface area contributed by atoms with Crippen molar-refractivity contribution < 1.29 is 9.59 Å². The number of fused-ring (bicyclic) bond motifs is 1. The van der Waals surface area contributed by atoms with Crippen LogP contribution in [0.25, 0.3) is 10.9 Å². The lowest BCUT2D eigenvalue weighted by molar-refractivity contribution is -0.118. The summed E-state index contributed by atoms with van der Waals surface area (Å²) in [6, 6.07) is 15.7. The molecule has 1 aromatic heterocycles. The number of carbonyl (C=O) groups excluding carboxylic acids is 2. The van der Waals surface area contributed by atoms with Crippen LogP contribution in [0.4, 0.5) is 11.5 Å². The summed E-state index contributed by atoms with van der Waals surface area (Å²) in [5, 5.41) is 11.0. The van der Waals surface area contributed by atoms with Crippen molar-refractivity contribution in [3.05, 3.63) is 54.1 Å². The fraction of sp³-hybridized carbons (Fsp3) is 0.286. The van der Waals surface area contributed by atoms with Gasteiger partial charge in [-0.1, -0.05) is 24.3 Å². The third kappa shape index (κ3) is 2.87. The zero-order chi connectivity index (χ0) is 18.4. The standard InChI is InChI=1S/C21H20N4O2/c26-20(13-6-7-13)22-19-17-9-8-14(12-18(17)23-24-19)16-10-11-25(21(16)27)15-4-2-1-3-5-15/h1-5,8-9,12-13,16H,6-7,10-11H2,(H2,22,23,24,26). The molecule has 6 nitrogen and oxygen atoms in total. The third-order valence-corrected chi connectivity index (χ3v) is 5.45. The van der Waals surface area contributed by atoms with E-state index in [2.05, 4.69) is 15.5 Å². The highest BCUT2D eigenvalue weighted by Gasteiger charge is 2.34. The second-order valence-electron chi connectivity index (χ2n) is 7.31. The Morgan fingerprint density at radius 2 is 1.93 bits per heavy atom. The van der Waals surface area contributed by atoms with Crippen LogP contribution in [-0.2, 0) is 9.59 Å². The maximum Gasteiger partial charge on any atom is 0.234 e. The number of hydrogen-bond acceptors (Lipinski definition) is 3. The van der Waals surface area contributed by atoms with E-state index in [1.54, 1.807) is 0 Å². The average molecular weight is 360 g/mol. The first-order valence-electron chi connectivity index (χ1n) is 9.36. The zero-order valence-corrected chi connectivity index (χ0v) is 14.8. The molecule has 1 saturated heterocycles. The summed E-state index contributed by atoms with van der Waals surface area (Å²) >= 11 is 0. The molecule has 5 rings (SSSR count). The first-order valence-corrected chi connectivity index (χ1v) is 9.36. The molecular formula is C21H20N4O2. The molecule has 0 spiro atoms. The van der Waals surface area contributed by atoms with E-state index in [-0.39, 0.29) is 23.7 Å². The smallest absolute Gasteiger partial charge is 0.234 e. The van der Waals surface area contributed by atoms with Gasteiger partial charge >= 0.3 is 0 Å². The van der Waals surface area contributed by atoms with Gasteiger partial charge in [-0.15, -0.1) is 0 Å². The Balaban J connectivity index is 1.39. The molecule has 1 atom stereocenters. The summed E-state index contributed by atoms with van der Waals surface area (Å²) in [6.07, 6.45) is 2.71. The quantitative estimate of drug-likeness (QED) is 0.748. The van der Waals surface area contributed by atoms with Gasteiger partial charge in [-0.2, -0.15) is 5.10 Å². The van der Waals surface area contributed by atoms with Gasteiger partial charge in [0, 0.05) is 23.5 Å². The highest BCUT2D eigenvalue weighted by atomic mass is 16.2. The van der Waals surface area contributed by atoms with Crippen LogP contribution in [0.5, 0.6) is 0 Å². The van der Waals surface area contributed by atoms with Crippen molar-refractivity contribution in [3.8, 4) is 0 Å². The molecule has 6 heteroatoms. The predicted octanol–water partition coefficient (Wildman–Crippen LogP) is 3.43. The van der Waals surface area contributed by atoms with Gasteiger partial charge in [0.1, 0.15) is 0 Å². The number of anilines is 2. The largest absolute Gasteiger partial charge is 0.312 e. The molecule has 136 valence electrons. The maximum absolute atomic E-state index is 12.9. The van der Waals surface area contributed by atoms with Crippen LogP contribution in [-0.4, -0.2) is 28.6 Å². The lowest BCUT2D eigenvalue weighted by atomic mass is 9.97. The van der Waals surface area contributed by atoms with E-state index < -0.39 is 0 Å². The summed E-state index contributed by atoms with van der Waals surface area (Å²) in [7, 11) is 0. The molecule has 2 N–H and O–H groups in total. The summed E-state index contributed by atoms with van der Waals surface area (Å²) in [5.74, 6) is 0.717. The second-order valence-corrected chi connectivity index (χ2v) is 7.31. The Bertz CT molecular complexity index is 1020. The Labute approximate surface area is 156 Å². The van der Waals surface area contributed by atoms with Gasteiger partial charge in [-0.25, -0.2) is 0 Å². The van der Waals surface area contributed by atoms with Crippen molar-refractivity contribution >= 4 is 34.2 Å². The first-order chi connectivity index (χ1) is 13.2. The van der Waals surface area contributed by atoms with Crippen LogP contribution in [0.15, 0.2) is 48.5 Å². The molecule has 2 amide bonds. The predicted molar refractivity (Wildman–Crippen MR) is 104 cm³/mol. The summed E-state index contributed by atoms with van der Waals surface area (Å²) < 4.78 is 0. The average Bonchev–Trinajstić information content (AvgIpc) is 3.38. The normalized spacial score (nSPS) is 19.6. The molecule has 0 radical (unpaired) electrons. The van der Waals surface area contributed by atoms with Gasteiger partial charge in [0.05, 0.1) is 11.4 Å². The lowest BCUT2D eigenvalue weighted by Crippen LogP contribution is -2.26. The molecule has 1 saturated carbocycles. The fourth-order valence-electron chi connectivity index (χ4n) is 3.77. The molecule has 1 unspecified atom stereocenters. The van der Waals surface area contributed by atoms with Crippen molar-refractivity contribution in [2.45, 2.75) is 25.2 Å². The van der Waals surface area contributed by atoms with Crippen molar-refractivity contribution in [2.75, 3.05) is 16.8 Å². The van der Waals surface area contributed by atoms with Crippen LogP contribution in [0.1, 0.15) is 30.7 Å². The van der Waals surface area contributed by atoms with Crippen molar-refractivity contribution in [1.82, 2.24) is 10.2 Å². The van der Waals surface area contributed by atoms with Crippen LogP contribution in [0.2, 0.25) is 0 Å². The van der Waals surface area contributed by atoms with Gasteiger partial charge in [0.25, 0.3) is 0 Å². The zero-order valence-electron chi connectivity index (χ0n) is 14.8. The van der Waals surface area contributed by atoms with Crippen LogP contribution < -0.4 is 10.2 Å². The third-order valence-electron chi connectivity index (χ3n) is 5.45. The summed E-state index contributed by atoms with van der Waals surface area (Å²) in [6.45, 7) is 0.719. The topological polar surface area (TPSA) is 78.1 Å². The van der Waals surface area contributed by atoms with E-state index in [4.69, 9.17) is 0 Å². The van der Waals surface area contributed by atoms with Crippen LogP contribution in [0, 0.1) is 5.92 Å². The molecule has 3 aromatic rings. The van der Waals surface area contributed by atoms with Crippen molar-refractivity contribution in [3.63, 3.8) is 0 Å². The molecular weight excluding hydrogens is 340 g/mol. The number of amides is 2. The molecule has 1 aliphatic heterocycles. The van der Waals surface area contributed by atoms with Gasteiger partial charge in [0.2, 0.25) is 11.8 Å². The number of carbonyl (C=O) groups is 2. The highest BCUT2D eigenvalue weighted by Crippen LogP contribution is 2.35. The molecule has 1 aliphatic carbocycles. The number of para-hydroxylation sites is 1. The first kappa shape index (κ1) is 16.1. The van der Waals surface area contributed by atoms with Gasteiger partial charge in [0.15, 0.2) is 5.82 Å². The molecule has 2 heterocycles. The molecule has 2 aliphatic rings. The number of nitrogens with zero attached hydrogens (tertiary/aromatic N) is 2. The van der Waals surface area contributed by atoms with E-state index in [9.17, 15) is 9.59 Å². The Hall–Kier alpha value is -3.15. The van der Waals surface area contributed by atoms with Gasteiger partial charge < -0.3 is 10.2 Å². The monoisotopic (exact) mass is 360 g/mol. The number of hydrogen-bond donors (Lipinski definition) is 2. The summed E-state index contributed by atoms with van der Waals surface area (Å²) in [4.78, 5) is 26.8. The molecule has 2 fully saturated rings. The minimum absolute atomic E-state index is 0.0388. The van der Waals surface area contributed by atoms with E-state index in [1.807, 2.05) is 53.4 Å². The molecule has 27 heavy (non-hydrogen) atoms. The maximum atomic E-state index is 12.9. The minimum atomic E-state index is -0.151. The molecule has 2 aromatic carbocycles. The van der Waals surface area contributed by atoms with E-state index in [1.165, 1.54) is 0 Å². The van der Waals surface area contributed by atoms with Crippen molar-refractivity contribution in [1.29, 1.82) is 0 Å². The Kier molecular flexibility index (Phi) is 3.70. The lowest BCUT2D eigenvalue weighted by Gasteiger charge is -2.16. The SMILES string of the molecule is O=C(Nc1n[nH]c2cc(C3CCN(c4ccccc4)C3=O)ccc12)C1CC1. The van der Waals surface area contributed by atoms with Crippen molar-refractivity contribution in [2.24, 2.45) is 5.92 Å². The van der Waals surface area contributed by atoms with Crippen LogP contribution >= 0.6 is 0 Å². The Morgan fingerprint density at radius 3 is 2.70 bits per heavy atom. The second kappa shape index (κ2) is 6.23. The highest BCUT2D eigenvalue weighted by molar-refractivity contribution is 6.03. The fourth-order valence-corrected chi connectivity index (χ4v) is 3.77. The van der Waals surface area contributed by atoms with E-state index in [0.29, 0.717) is 5.82 Å². The number of rotatable bonds is 4. The Morgan fingerprint density at radius 1 is 1.11 bits per heavy atom. The van der Waals surface area contributed by atoms with E-state index in [0.717, 1.165) is 48.0 Å². The minimum Gasteiger partial charge on any atom is -0.312 e. The number of benzene rings is 2. The number of H-pyrrole nitrogens is 1.